The van der Waals surface area contributed by atoms with Gasteiger partial charge in [-0.15, -0.1) is 0 Å². The molecule has 1 aliphatic rings. The molecule has 1 heterocycles. The van der Waals surface area contributed by atoms with Crippen LogP contribution in [-0.4, -0.2) is 25.6 Å². The van der Waals surface area contributed by atoms with Gasteiger partial charge in [0.25, 0.3) is 0 Å². The Kier molecular flexibility index (Phi) is 2.20. The van der Waals surface area contributed by atoms with Gasteiger partial charge in [-0.3, -0.25) is 0 Å². The Morgan fingerprint density at radius 2 is 2.21 bits per heavy atom. The minimum Gasteiger partial charge on any atom is -0.497 e. The lowest BCUT2D eigenvalue weighted by molar-refractivity contribution is 0.412. The Morgan fingerprint density at radius 3 is 2.93 bits per heavy atom. The molecule has 1 aliphatic heterocycles. The average molecular weight is 189 g/mol. The number of methoxy groups -OCH3 is 1. The van der Waals surface area contributed by atoms with E-state index in [1.807, 2.05) is 6.07 Å². The second-order valence-corrected chi connectivity index (χ2v) is 3.64. The third-order valence-electron chi connectivity index (χ3n) is 2.80. The van der Waals surface area contributed by atoms with Gasteiger partial charge >= 0.3 is 0 Å². The van der Waals surface area contributed by atoms with Gasteiger partial charge in [-0.2, -0.15) is 0 Å². The van der Waals surface area contributed by atoms with Crippen molar-refractivity contribution in [1.29, 1.82) is 0 Å². The fourth-order valence-corrected chi connectivity index (χ4v) is 1.81. The third-order valence-corrected chi connectivity index (χ3v) is 2.80. The monoisotopic (exact) mass is 189 g/mol. The van der Waals surface area contributed by atoms with Crippen LogP contribution in [0.5, 0.6) is 5.75 Å². The summed E-state index contributed by atoms with van der Waals surface area (Å²) in [7, 11) is 3.78. The van der Waals surface area contributed by atoms with Gasteiger partial charge < -0.3 is 9.64 Å². The number of hydrogen-bond donors (Lipinski definition) is 0. The molecule has 0 saturated heterocycles. The second kappa shape index (κ2) is 3.37. The van der Waals surface area contributed by atoms with Crippen LogP contribution < -0.4 is 4.74 Å². The fourth-order valence-electron chi connectivity index (χ4n) is 1.81. The summed E-state index contributed by atoms with van der Waals surface area (Å²) >= 11 is 0. The smallest absolute Gasteiger partial charge is 0.119 e. The van der Waals surface area contributed by atoms with Crippen LogP contribution >= 0.6 is 0 Å². The molecule has 2 heteroatoms. The van der Waals surface area contributed by atoms with Crippen LogP contribution in [0, 0.1) is 0 Å². The summed E-state index contributed by atoms with van der Waals surface area (Å²) in [4.78, 5) is 2.19. The van der Waals surface area contributed by atoms with Crippen molar-refractivity contribution in [3.8, 4) is 5.75 Å². The lowest BCUT2D eigenvalue weighted by Crippen LogP contribution is -2.24. The molecule has 0 atom stereocenters. The van der Waals surface area contributed by atoms with Crippen molar-refractivity contribution < 1.29 is 4.74 Å². The predicted octanol–water partition coefficient (Wildman–Crippen LogP) is 2.15. The summed E-state index contributed by atoms with van der Waals surface area (Å²) < 4.78 is 5.20. The van der Waals surface area contributed by atoms with E-state index in [0.717, 1.165) is 24.4 Å². The van der Waals surface area contributed by atoms with Gasteiger partial charge in [0.2, 0.25) is 0 Å². The maximum Gasteiger partial charge on any atom is 0.119 e. The SMILES string of the molecule is C=C1c2ccc(OC)cc2CCN1C. The summed E-state index contributed by atoms with van der Waals surface area (Å²) in [5.41, 5.74) is 3.70. The van der Waals surface area contributed by atoms with E-state index in [1.165, 1.54) is 11.1 Å². The minimum absolute atomic E-state index is 0.932. The van der Waals surface area contributed by atoms with Crippen LogP contribution in [0.25, 0.3) is 5.70 Å². The quantitative estimate of drug-likeness (QED) is 0.671. The minimum atomic E-state index is 0.932. The molecule has 74 valence electrons. The van der Waals surface area contributed by atoms with E-state index < -0.39 is 0 Å². The summed E-state index contributed by atoms with van der Waals surface area (Å²) in [6, 6.07) is 6.18. The first kappa shape index (κ1) is 9.13. The summed E-state index contributed by atoms with van der Waals surface area (Å²) in [5, 5.41) is 0. The Labute approximate surface area is 84.8 Å². The van der Waals surface area contributed by atoms with Gasteiger partial charge in [-0.25, -0.2) is 0 Å². The Balaban J connectivity index is 2.44. The molecule has 1 aromatic rings. The molecule has 0 aromatic heterocycles. The first-order valence-electron chi connectivity index (χ1n) is 4.79. The molecule has 14 heavy (non-hydrogen) atoms. The highest BCUT2D eigenvalue weighted by molar-refractivity contribution is 5.67. The number of nitrogens with zero attached hydrogens (tertiary/aromatic N) is 1. The normalized spacial score (nSPS) is 15.3. The summed E-state index contributed by atoms with van der Waals surface area (Å²) in [6.45, 7) is 5.12. The van der Waals surface area contributed by atoms with Crippen LogP contribution in [-0.2, 0) is 6.42 Å². The predicted molar refractivity (Wildman–Crippen MR) is 58.4 cm³/mol. The van der Waals surface area contributed by atoms with E-state index in [9.17, 15) is 0 Å². The average Bonchev–Trinajstić information content (AvgIpc) is 2.23. The Hall–Kier alpha value is -1.44. The van der Waals surface area contributed by atoms with Crippen LogP contribution in [0.3, 0.4) is 0 Å². The number of ether oxygens (including phenoxy) is 1. The lowest BCUT2D eigenvalue weighted by atomic mass is 9.97. The summed E-state index contributed by atoms with van der Waals surface area (Å²) in [5.74, 6) is 0.932. The van der Waals surface area contributed by atoms with E-state index >= 15 is 0 Å². The van der Waals surface area contributed by atoms with E-state index in [1.54, 1.807) is 7.11 Å². The van der Waals surface area contributed by atoms with Crippen molar-refractivity contribution in [2.24, 2.45) is 0 Å². The number of fused-ring (bicyclic) bond motifs is 1. The van der Waals surface area contributed by atoms with Gasteiger partial charge in [0.15, 0.2) is 0 Å². The molecule has 2 rings (SSSR count). The first-order chi connectivity index (χ1) is 6.72. The Bertz CT molecular complexity index is 371. The van der Waals surface area contributed by atoms with E-state index in [0.29, 0.717) is 0 Å². The third kappa shape index (κ3) is 1.37. The van der Waals surface area contributed by atoms with Crippen molar-refractivity contribution in [3.63, 3.8) is 0 Å². The zero-order valence-corrected chi connectivity index (χ0v) is 8.71. The molecule has 2 nitrogen and oxygen atoms in total. The van der Waals surface area contributed by atoms with Crippen molar-refractivity contribution >= 4 is 5.70 Å². The number of hydrogen-bond acceptors (Lipinski definition) is 2. The Morgan fingerprint density at radius 1 is 1.43 bits per heavy atom. The molecule has 0 saturated carbocycles. The first-order valence-corrected chi connectivity index (χ1v) is 4.79. The van der Waals surface area contributed by atoms with Crippen molar-refractivity contribution in [3.05, 3.63) is 35.9 Å². The van der Waals surface area contributed by atoms with Crippen molar-refractivity contribution in [2.75, 3.05) is 20.7 Å². The standard InChI is InChI=1S/C12H15NO/c1-9-12-5-4-11(14-3)8-10(12)6-7-13(9)2/h4-5,8H,1,6-7H2,2-3H3. The van der Waals surface area contributed by atoms with Crippen LogP contribution in [0.15, 0.2) is 24.8 Å². The summed E-state index contributed by atoms with van der Waals surface area (Å²) in [6.07, 6.45) is 1.07. The molecule has 0 aliphatic carbocycles. The van der Waals surface area contributed by atoms with Crippen molar-refractivity contribution in [2.45, 2.75) is 6.42 Å². The van der Waals surface area contributed by atoms with Crippen LogP contribution in [0.4, 0.5) is 0 Å². The molecule has 0 fully saturated rings. The van der Waals surface area contributed by atoms with Gasteiger partial charge in [0.05, 0.1) is 7.11 Å². The number of benzene rings is 1. The van der Waals surface area contributed by atoms with E-state index in [-0.39, 0.29) is 0 Å². The molecular weight excluding hydrogens is 174 g/mol. The van der Waals surface area contributed by atoms with Gasteiger partial charge in [-0.05, 0) is 30.2 Å². The number of likely N-dealkylation sites (N-methyl/N-ethyl adjacent to an activating group) is 1. The van der Waals surface area contributed by atoms with Gasteiger partial charge in [0, 0.05) is 24.9 Å². The van der Waals surface area contributed by atoms with E-state index in [2.05, 4.69) is 30.7 Å². The zero-order valence-electron chi connectivity index (χ0n) is 8.71. The molecule has 0 radical (unpaired) electrons. The fraction of sp³-hybridized carbons (Fsp3) is 0.333. The van der Waals surface area contributed by atoms with E-state index in [4.69, 9.17) is 4.74 Å². The molecule has 0 spiro atoms. The van der Waals surface area contributed by atoms with Crippen LogP contribution in [0.1, 0.15) is 11.1 Å². The lowest BCUT2D eigenvalue weighted by Gasteiger charge is -2.29. The second-order valence-electron chi connectivity index (χ2n) is 3.64. The molecular formula is C12H15NO. The molecule has 0 amide bonds. The highest BCUT2D eigenvalue weighted by Crippen LogP contribution is 2.28. The molecule has 1 aromatic carbocycles. The van der Waals surface area contributed by atoms with Gasteiger partial charge in [0.1, 0.15) is 5.75 Å². The maximum atomic E-state index is 5.20. The molecule has 0 bridgehead atoms. The molecule has 0 unspecified atom stereocenters. The van der Waals surface area contributed by atoms with Crippen LogP contribution in [0.2, 0.25) is 0 Å². The topological polar surface area (TPSA) is 12.5 Å². The zero-order chi connectivity index (χ0) is 10.1. The molecule has 0 N–H and O–H groups in total. The highest BCUT2D eigenvalue weighted by atomic mass is 16.5. The van der Waals surface area contributed by atoms with Crippen molar-refractivity contribution in [1.82, 2.24) is 4.90 Å². The van der Waals surface area contributed by atoms with Gasteiger partial charge in [-0.1, -0.05) is 6.58 Å². The number of rotatable bonds is 1. The largest absolute Gasteiger partial charge is 0.497 e. The highest BCUT2D eigenvalue weighted by Gasteiger charge is 2.16. The maximum absolute atomic E-state index is 5.20.